The standard InChI is InChI=1S/C16H18O2/c1-3-11-5-8-16(18)15(9-11)14-7-6-13(17)10-12(14)4-2/h5-10,17-18H,3-4H2,1-2H3. The molecule has 2 aromatic rings. The third-order valence-electron chi connectivity index (χ3n) is 3.23. The van der Waals surface area contributed by atoms with Gasteiger partial charge in [-0.05, 0) is 53.8 Å². The number of hydrogen-bond donors (Lipinski definition) is 2. The number of aromatic hydroxyl groups is 2. The second kappa shape index (κ2) is 5.13. The van der Waals surface area contributed by atoms with Gasteiger partial charge in [0, 0.05) is 5.56 Å². The lowest BCUT2D eigenvalue weighted by atomic mass is 9.95. The zero-order valence-electron chi connectivity index (χ0n) is 10.8. The van der Waals surface area contributed by atoms with Crippen molar-refractivity contribution < 1.29 is 10.2 Å². The van der Waals surface area contributed by atoms with Gasteiger partial charge in [0.05, 0.1) is 0 Å². The molecule has 0 spiro atoms. The third-order valence-corrected chi connectivity index (χ3v) is 3.23. The summed E-state index contributed by atoms with van der Waals surface area (Å²) < 4.78 is 0. The highest BCUT2D eigenvalue weighted by Gasteiger charge is 2.09. The minimum absolute atomic E-state index is 0.265. The zero-order valence-corrected chi connectivity index (χ0v) is 10.8. The largest absolute Gasteiger partial charge is 0.508 e. The van der Waals surface area contributed by atoms with E-state index < -0.39 is 0 Å². The van der Waals surface area contributed by atoms with E-state index in [4.69, 9.17) is 0 Å². The van der Waals surface area contributed by atoms with Gasteiger partial charge in [-0.3, -0.25) is 0 Å². The summed E-state index contributed by atoms with van der Waals surface area (Å²) in [6.07, 6.45) is 1.76. The molecule has 0 saturated heterocycles. The summed E-state index contributed by atoms with van der Waals surface area (Å²) in [7, 11) is 0. The normalized spacial score (nSPS) is 10.6. The molecule has 0 amide bonds. The van der Waals surface area contributed by atoms with Crippen LogP contribution in [0.15, 0.2) is 36.4 Å². The molecule has 2 N–H and O–H groups in total. The molecule has 94 valence electrons. The van der Waals surface area contributed by atoms with E-state index in [9.17, 15) is 10.2 Å². The summed E-state index contributed by atoms with van der Waals surface area (Å²) in [6, 6.07) is 11.0. The fourth-order valence-electron chi connectivity index (χ4n) is 2.15. The van der Waals surface area contributed by atoms with Gasteiger partial charge in [-0.15, -0.1) is 0 Å². The first-order chi connectivity index (χ1) is 8.65. The number of benzene rings is 2. The maximum absolute atomic E-state index is 10.0. The van der Waals surface area contributed by atoms with E-state index in [0.29, 0.717) is 0 Å². The van der Waals surface area contributed by atoms with Crippen LogP contribution < -0.4 is 0 Å². The summed E-state index contributed by atoms with van der Waals surface area (Å²) in [4.78, 5) is 0. The molecule has 0 unspecified atom stereocenters. The fraction of sp³-hybridized carbons (Fsp3) is 0.250. The second-order valence-electron chi connectivity index (χ2n) is 4.40. The van der Waals surface area contributed by atoms with Crippen LogP contribution in [0.5, 0.6) is 11.5 Å². The van der Waals surface area contributed by atoms with Crippen molar-refractivity contribution in [1.82, 2.24) is 0 Å². The SMILES string of the molecule is CCc1ccc(O)c(-c2ccc(O)cc2CC)c1. The lowest BCUT2D eigenvalue weighted by molar-refractivity contribution is 0.473. The van der Waals surface area contributed by atoms with Crippen LogP contribution in [0.1, 0.15) is 25.0 Å². The van der Waals surface area contributed by atoms with Crippen LogP contribution in [0.4, 0.5) is 0 Å². The van der Waals surface area contributed by atoms with Crippen molar-refractivity contribution in [1.29, 1.82) is 0 Å². The molecule has 2 rings (SSSR count). The second-order valence-corrected chi connectivity index (χ2v) is 4.40. The maximum atomic E-state index is 10.0. The average Bonchev–Trinajstić information content (AvgIpc) is 2.39. The van der Waals surface area contributed by atoms with E-state index in [2.05, 4.69) is 6.92 Å². The summed E-state index contributed by atoms with van der Waals surface area (Å²) in [5.74, 6) is 0.550. The van der Waals surface area contributed by atoms with Crippen LogP contribution in [0, 0.1) is 0 Å². The van der Waals surface area contributed by atoms with Gasteiger partial charge in [0.1, 0.15) is 11.5 Å². The molecule has 0 heterocycles. The Morgan fingerprint density at radius 1 is 0.833 bits per heavy atom. The van der Waals surface area contributed by atoms with Crippen LogP contribution in [0.25, 0.3) is 11.1 Å². The highest BCUT2D eigenvalue weighted by Crippen LogP contribution is 2.34. The summed E-state index contributed by atoms with van der Waals surface area (Å²) in [6.45, 7) is 4.13. The van der Waals surface area contributed by atoms with Gasteiger partial charge in [-0.1, -0.05) is 26.0 Å². The highest BCUT2D eigenvalue weighted by atomic mass is 16.3. The van der Waals surface area contributed by atoms with Gasteiger partial charge < -0.3 is 10.2 Å². The van der Waals surface area contributed by atoms with Gasteiger partial charge in [-0.25, -0.2) is 0 Å². The van der Waals surface area contributed by atoms with Gasteiger partial charge >= 0.3 is 0 Å². The van der Waals surface area contributed by atoms with E-state index in [0.717, 1.165) is 29.5 Å². The van der Waals surface area contributed by atoms with Crippen molar-refractivity contribution >= 4 is 0 Å². The Labute approximate surface area is 108 Å². The molecule has 18 heavy (non-hydrogen) atoms. The number of hydrogen-bond acceptors (Lipinski definition) is 2. The van der Waals surface area contributed by atoms with Crippen molar-refractivity contribution in [3.05, 3.63) is 47.5 Å². The van der Waals surface area contributed by atoms with Gasteiger partial charge in [-0.2, -0.15) is 0 Å². The van der Waals surface area contributed by atoms with Gasteiger partial charge in [0.25, 0.3) is 0 Å². The van der Waals surface area contributed by atoms with Crippen molar-refractivity contribution in [2.24, 2.45) is 0 Å². The predicted molar refractivity (Wildman–Crippen MR) is 74.0 cm³/mol. The van der Waals surface area contributed by atoms with E-state index >= 15 is 0 Å². The average molecular weight is 242 g/mol. The zero-order chi connectivity index (χ0) is 13.1. The topological polar surface area (TPSA) is 40.5 Å². The molecule has 0 radical (unpaired) electrons. The van der Waals surface area contributed by atoms with Crippen LogP contribution in [-0.4, -0.2) is 10.2 Å². The lowest BCUT2D eigenvalue weighted by Crippen LogP contribution is -1.90. The molecule has 0 fully saturated rings. The quantitative estimate of drug-likeness (QED) is 0.857. The third kappa shape index (κ3) is 2.33. The number of rotatable bonds is 3. The van der Waals surface area contributed by atoms with Crippen molar-refractivity contribution in [2.75, 3.05) is 0 Å². The molecule has 2 heteroatoms. The molecular weight excluding hydrogens is 224 g/mol. The molecule has 0 bridgehead atoms. The van der Waals surface area contributed by atoms with E-state index in [1.54, 1.807) is 18.2 Å². The number of phenolic OH excluding ortho intramolecular Hbond substituents is 2. The first kappa shape index (κ1) is 12.5. The van der Waals surface area contributed by atoms with Crippen LogP contribution in [-0.2, 0) is 12.8 Å². The van der Waals surface area contributed by atoms with Crippen molar-refractivity contribution in [3.8, 4) is 22.6 Å². The lowest BCUT2D eigenvalue weighted by Gasteiger charge is -2.11. The Hall–Kier alpha value is -1.96. The Morgan fingerprint density at radius 3 is 2.28 bits per heavy atom. The number of aryl methyl sites for hydroxylation is 2. The maximum Gasteiger partial charge on any atom is 0.123 e. The Morgan fingerprint density at radius 2 is 1.61 bits per heavy atom. The molecule has 0 saturated carbocycles. The summed E-state index contributed by atoms with van der Waals surface area (Å²) in [5.41, 5.74) is 4.06. The van der Waals surface area contributed by atoms with E-state index in [1.165, 1.54) is 5.56 Å². The van der Waals surface area contributed by atoms with Gasteiger partial charge in [0.2, 0.25) is 0 Å². The highest BCUT2D eigenvalue weighted by molar-refractivity contribution is 5.74. The Bertz CT molecular complexity index is 559. The molecule has 2 aromatic carbocycles. The molecule has 0 aliphatic rings. The molecule has 0 aliphatic carbocycles. The Balaban J connectivity index is 2.60. The molecule has 2 nitrogen and oxygen atoms in total. The van der Waals surface area contributed by atoms with Gasteiger partial charge in [0.15, 0.2) is 0 Å². The minimum atomic E-state index is 0.265. The fourth-order valence-corrected chi connectivity index (χ4v) is 2.15. The van der Waals surface area contributed by atoms with Crippen molar-refractivity contribution in [3.63, 3.8) is 0 Å². The molecule has 0 aromatic heterocycles. The predicted octanol–water partition coefficient (Wildman–Crippen LogP) is 3.89. The first-order valence-electron chi connectivity index (χ1n) is 6.29. The molecule has 0 atom stereocenters. The van der Waals surface area contributed by atoms with E-state index in [1.807, 2.05) is 25.1 Å². The van der Waals surface area contributed by atoms with E-state index in [-0.39, 0.29) is 11.5 Å². The Kier molecular flexibility index (Phi) is 3.56. The smallest absolute Gasteiger partial charge is 0.123 e. The first-order valence-corrected chi connectivity index (χ1v) is 6.29. The van der Waals surface area contributed by atoms with Crippen LogP contribution in [0.2, 0.25) is 0 Å². The minimum Gasteiger partial charge on any atom is -0.508 e. The summed E-state index contributed by atoms with van der Waals surface area (Å²) >= 11 is 0. The summed E-state index contributed by atoms with van der Waals surface area (Å²) in [5, 5.41) is 19.5. The molecular formula is C16H18O2. The molecule has 0 aliphatic heterocycles. The van der Waals surface area contributed by atoms with Crippen molar-refractivity contribution in [2.45, 2.75) is 26.7 Å². The number of phenols is 2. The van der Waals surface area contributed by atoms with Crippen LogP contribution in [0.3, 0.4) is 0 Å². The monoisotopic (exact) mass is 242 g/mol. The van der Waals surface area contributed by atoms with Crippen LogP contribution >= 0.6 is 0 Å².